The predicted octanol–water partition coefficient (Wildman–Crippen LogP) is 3.65. The summed E-state index contributed by atoms with van der Waals surface area (Å²) in [7, 11) is 4.01. The van der Waals surface area contributed by atoms with Crippen LogP contribution in [0.2, 0.25) is 0 Å². The van der Waals surface area contributed by atoms with Crippen molar-refractivity contribution in [1.29, 1.82) is 0 Å². The fourth-order valence-corrected chi connectivity index (χ4v) is 2.29. The van der Waals surface area contributed by atoms with Crippen molar-refractivity contribution in [2.24, 2.45) is 12.1 Å². The lowest BCUT2D eigenvalue weighted by Gasteiger charge is -2.12. The summed E-state index contributed by atoms with van der Waals surface area (Å²) in [5, 5.41) is 7.62. The van der Waals surface area contributed by atoms with Gasteiger partial charge >= 0.3 is 0 Å². The van der Waals surface area contributed by atoms with Crippen molar-refractivity contribution in [2.75, 3.05) is 12.1 Å². The Kier molecular flexibility index (Phi) is 3.25. The molecule has 0 aliphatic rings. The third-order valence-electron chi connectivity index (χ3n) is 3.48. The number of nitrogens with zero attached hydrogens (tertiary/aromatic N) is 3. The lowest BCUT2D eigenvalue weighted by atomic mass is 10.2. The minimum absolute atomic E-state index is 1.07. The highest BCUT2D eigenvalue weighted by atomic mass is 15.4. The number of anilines is 1. The van der Waals surface area contributed by atoms with Crippen molar-refractivity contribution >= 4 is 22.8 Å². The maximum Gasteiger partial charge on any atom is 0.0712 e. The molecule has 0 saturated heterocycles. The molecule has 0 atom stereocenters. The van der Waals surface area contributed by atoms with Gasteiger partial charge in [-0.3, -0.25) is 5.01 Å². The Bertz CT molecular complexity index is 741. The SMILES string of the molecule is CN(N=Cc1cc2ccccc2n1C)c1ccccc1. The van der Waals surface area contributed by atoms with Crippen molar-refractivity contribution in [2.45, 2.75) is 0 Å². The number of aromatic nitrogens is 1. The second-order valence-corrected chi connectivity index (χ2v) is 4.79. The van der Waals surface area contributed by atoms with Crippen LogP contribution in [0.1, 0.15) is 5.69 Å². The van der Waals surface area contributed by atoms with E-state index >= 15 is 0 Å². The second kappa shape index (κ2) is 5.21. The van der Waals surface area contributed by atoms with Crippen LogP contribution in [0.15, 0.2) is 65.8 Å². The first kappa shape index (κ1) is 12.5. The van der Waals surface area contributed by atoms with E-state index < -0.39 is 0 Å². The molecule has 0 aliphatic carbocycles. The van der Waals surface area contributed by atoms with Crippen LogP contribution in [0.4, 0.5) is 5.69 Å². The lowest BCUT2D eigenvalue weighted by Crippen LogP contribution is -2.09. The molecule has 0 unspecified atom stereocenters. The van der Waals surface area contributed by atoms with E-state index in [1.165, 1.54) is 10.9 Å². The topological polar surface area (TPSA) is 20.5 Å². The minimum atomic E-state index is 1.07. The van der Waals surface area contributed by atoms with Gasteiger partial charge in [0.2, 0.25) is 0 Å². The van der Waals surface area contributed by atoms with Gasteiger partial charge in [0.05, 0.1) is 17.6 Å². The quantitative estimate of drug-likeness (QED) is 0.522. The molecule has 3 aromatic rings. The molecule has 0 bridgehead atoms. The molecule has 100 valence electrons. The predicted molar refractivity (Wildman–Crippen MR) is 85.4 cm³/mol. The molecule has 0 fully saturated rings. The molecule has 3 heteroatoms. The van der Waals surface area contributed by atoms with Crippen LogP contribution in [-0.2, 0) is 7.05 Å². The number of hydrogen-bond acceptors (Lipinski definition) is 2. The highest BCUT2D eigenvalue weighted by Crippen LogP contribution is 2.17. The van der Waals surface area contributed by atoms with E-state index in [0.29, 0.717) is 0 Å². The molecule has 0 amide bonds. The number of hydrazone groups is 1. The first-order valence-electron chi connectivity index (χ1n) is 6.63. The van der Waals surface area contributed by atoms with Gasteiger partial charge in [-0.2, -0.15) is 5.10 Å². The maximum absolute atomic E-state index is 4.51. The summed E-state index contributed by atoms with van der Waals surface area (Å²) < 4.78 is 2.15. The van der Waals surface area contributed by atoms with E-state index in [0.717, 1.165) is 11.4 Å². The van der Waals surface area contributed by atoms with Gasteiger partial charge in [-0.05, 0) is 24.3 Å². The zero-order valence-corrected chi connectivity index (χ0v) is 11.7. The van der Waals surface area contributed by atoms with Gasteiger partial charge in [-0.15, -0.1) is 0 Å². The molecule has 0 N–H and O–H groups in total. The van der Waals surface area contributed by atoms with Crippen LogP contribution in [0.5, 0.6) is 0 Å². The van der Waals surface area contributed by atoms with Crippen LogP contribution in [0.3, 0.4) is 0 Å². The Labute approximate surface area is 118 Å². The fourth-order valence-electron chi connectivity index (χ4n) is 2.29. The highest BCUT2D eigenvalue weighted by Gasteiger charge is 2.03. The van der Waals surface area contributed by atoms with Gasteiger partial charge < -0.3 is 4.57 Å². The smallest absolute Gasteiger partial charge is 0.0712 e. The first-order chi connectivity index (χ1) is 9.75. The van der Waals surface area contributed by atoms with Crippen LogP contribution in [-0.4, -0.2) is 17.8 Å². The van der Waals surface area contributed by atoms with Gasteiger partial charge in [-0.1, -0.05) is 36.4 Å². The molecule has 0 spiro atoms. The Morgan fingerprint density at radius 3 is 2.45 bits per heavy atom. The van der Waals surface area contributed by atoms with Crippen molar-refractivity contribution in [3.05, 3.63) is 66.4 Å². The summed E-state index contributed by atoms with van der Waals surface area (Å²) in [6, 6.07) is 20.6. The van der Waals surface area contributed by atoms with E-state index in [9.17, 15) is 0 Å². The Hall–Kier alpha value is -2.55. The summed E-state index contributed by atoms with van der Waals surface area (Å²) in [6.45, 7) is 0. The zero-order valence-electron chi connectivity index (χ0n) is 11.7. The first-order valence-corrected chi connectivity index (χ1v) is 6.63. The van der Waals surface area contributed by atoms with Gasteiger partial charge in [0.1, 0.15) is 0 Å². The molecule has 0 aliphatic heterocycles. The van der Waals surface area contributed by atoms with Crippen LogP contribution in [0, 0.1) is 0 Å². The molecule has 2 aromatic carbocycles. The Morgan fingerprint density at radius 1 is 1.00 bits per heavy atom. The number of aryl methyl sites for hydroxylation is 1. The number of fused-ring (bicyclic) bond motifs is 1. The van der Waals surface area contributed by atoms with Crippen LogP contribution >= 0.6 is 0 Å². The molecule has 20 heavy (non-hydrogen) atoms. The van der Waals surface area contributed by atoms with Crippen molar-refractivity contribution in [3.63, 3.8) is 0 Å². The van der Waals surface area contributed by atoms with E-state index in [-0.39, 0.29) is 0 Å². The van der Waals surface area contributed by atoms with E-state index in [2.05, 4.69) is 47.0 Å². The second-order valence-electron chi connectivity index (χ2n) is 4.79. The molecule has 1 aromatic heterocycles. The van der Waals surface area contributed by atoms with Gasteiger partial charge in [0.15, 0.2) is 0 Å². The standard InChI is InChI=1S/C17H17N3/c1-19-16(12-14-8-6-7-11-17(14)19)13-18-20(2)15-9-4-3-5-10-15/h3-13H,1-2H3. The molecule has 0 saturated carbocycles. The molecular formula is C17H17N3. The lowest BCUT2D eigenvalue weighted by molar-refractivity contribution is 0.950. The summed E-state index contributed by atoms with van der Waals surface area (Å²) >= 11 is 0. The number of benzene rings is 2. The Balaban J connectivity index is 1.89. The van der Waals surface area contributed by atoms with Crippen LogP contribution in [0.25, 0.3) is 10.9 Å². The summed E-state index contributed by atoms with van der Waals surface area (Å²) in [5.41, 5.74) is 3.38. The van der Waals surface area contributed by atoms with E-state index in [1.54, 1.807) is 0 Å². The monoisotopic (exact) mass is 263 g/mol. The molecular weight excluding hydrogens is 246 g/mol. The summed E-state index contributed by atoms with van der Waals surface area (Å²) in [4.78, 5) is 0. The fraction of sp³-hybridized carbons (Fsp3) is 0.118. The van der Waals surface area contributed by atoms with Crippen molar-refractivity contribution in [3.8, 4) is 0 Å². The zero-order chi connectivity index (χ0) is 13.9. The van der Waals surface area contributed by atoms with E-state index in [1.807, 2.05) is 48.6 Å². The van der Waals surface area contributed by atoms with E-state index in [4.69, 9.17) is 0 Å². The Morgan fingerprint density at radius 2 is 1.70 bits per heavy atom. The third kappa shape index (κ3) is 2.30. The largest absolute Gasteiger partial charge is 0.343 e. The third-order valence-corrected chi connectivity index (χ3v) is 3.48. The highest BCUT2D eigenvalue weighted by molar-refractivity contribution is 5.90. The molecule has 3 rings (SSSR count). The van der Waals surface area contributed by atoms with Gasteiger partial charge in [-0.25, -0.2) is 0 Å². The average molecular weight is 263 g/mol. The molecule has 0 radical (unpaired) electrons. The normalized spacial score (nSPS) is 11.3. The van der Waals surface area contributed by atoms with Crippen molar-refractivity contribution < 1.29 is 0 Å². The van der Waals surface area contributed by atoms with Gasteiger partial charge in [0, 0.05) is 25.0 Å². The molecule has 1 heterocycles. The number of para-hydroxylation sites is 2. The summed E-state index contributed by atoms with van der Waals surface area (Å²) in [6.07, 6.45) is 1.90. The average Bonchev–Trinajstić information content (AvgIpc) is 2.83. The minimum Gasteiger partial charge on any atom is -0.343 e. The number of rotatable bonds is 3. The maximum atomic E-state index is 4.51. The molecule has 3 nitrogen and oxygen atoms in total. The van der Waals surface area contributed by atoms with Crippen LogP contribution < -0.4 is 5.01 Å². The summed E-state index contributed by atoms with van der Waals surface area (Å²) in [5.74, 6) is 0. The number of hydrogen-bond donors (Lipinski definition) is 0. The van der Waals surface area contributed by atoms with Gasteiger partial charge in [0.25, 0.3) is 0 Å². The van der Waals surface area contributed by atoms with Crippen molar-refractivity contribution in [1.82, 2.24) is 4.57 Å².